The average Bonchev–Trinajstić information content (AvgIpc) is 3.86. The normalized spacial score (nSPS) is 12.7. The molecule has 0 aliphatic carbocycles. The lowest BCUT2D eigenvalue weighted by Gasteiger charge is -2.38. The lowest BCUT2D eigenvalue weighted by molar-refractivity contribution is 0.450. The highest BCUT2D eigenvalue weighted by molar-refractivity contribution is 6.18. The fourth-order valence-corrected chi connectivity index (χ4v) is 9.94. The van der Waals surface area contributed by atoms with Gasteiger partial charge in [-0.15, -0.1) is 0 Å². The molecule has 7 heteroatoms. The van der Waals surface area contributed by atoms with Crippen LogP contribution < -0.4 is 14.4 Å². The third-order valence-corrected chi connectivity index (χ3v) is 12.7. The van der Waals surface area contributed by atoms with Crippen molar-refractivity contribution in [1.29, 1.82) is 0 Å². The number of ether oxygens (including phenoxy) is 2. The van der Waals surface area contributed by atoms with Crippen molar-refractivity contribution < 1.29 is 9.47 Å². The van der Waals surface area contributed by atoms with E-state index >= 15 is 0 Å². The average molecular weight is 808 g/mol. The summed E-state index contributed by atoms with van der Waals surface area (Å²) in [5.41, 5.74) is 13.2. The molecule has 3 aromatic heterocycles. The minimum Gasteiger partial charge on any atom is -0.453 e. The van der Waals surface area contributed by atoms with Gasteiger partial charge in [-0.1, -0.05) is 121 Å². The highest BCUT2D eigenvalue weighted by Crippen LogP contribution is 2.62. The molecule has 0 fully saturated rings. The lowest BCUT2D eigenvalue weighted by atomic mass is 9.99. The van der Waals surface area contributed by atoms with Crippen molar-refractivity contribution in [2.24, 2.45) is 0 Å². The topological polar surface area (TPSA) is 57.3 Å². The second-order valence-electron chi connectivity index (χ2n) is 16.2. The van der Waals surface area contributed by atoms with Crippen molar-refractivity contribution in [2.75, 3.05) is 4.90 Å². The van der Waals surface area contributed by atoms with Gasteiger partial charge in [0.1, 0.15) is 5.69 Å². The Kier molecular flexibility index (Phi) is 6.98. The maximum absolute atomic E-state index is 7.02. The van der Waals surface area contributed by atoms with E-state index in [1.54, 1.807) is 0 Å². The first-order valence-electron chi connectivity index (χ1n) is 21.2. The van der Waals surface area contributed by atoms with Gasteiger partial charge in [-0.2, -0.15) is 0 Å². The lowest BCUT2D eigenvalue weighted by Crippen LogP contribution is -2.20. The monoisotopic (exact) mass is 807 g/mol. The number of aromatic nitrogens is 4. The summed E-state index contributed by atoms with van der Waals surface area (Å²) in [6.45, 7) is 0. The molecule has 5 heterocycles. The Morgan fingerprint density at radius 3 is 1.76 bits per heavy atom. The molecule has 9 aromatic carbocycles. The smallest absolute Gasteiger partial charge is 0.235 e. The van der Waals surface area contributed by atoms with Crippen LogP contribution in [0.25, 0.3) is 88.5 Å². The molecule has 0 saturated carbocycles. The molecule has 0 spiro atoms. The van der Waals surface area contributed by atoms with Gasteiger partial charge in [-0.05, 0) is 83.9 Å². The molecule has 0 unspecified atom stereocenters. The van der Waals surface area contributed by atoms with Gasteiger partial charge < -0.3 is 14.0 Å². The van der Waals surface area contributed by atoms with Gasteiger partial charge in [-0.3, -0.25) is 9.47 Å². The highest BCUT2D eigenvalue weighted by atomic mass is 16.5. The van der Waals surface area contributed by atoms with E-state index in [1.165, 1.54) is 0 Å². The second-order valence-corrected chi connectivity index (χ2v) is 16.2. The van der Waals surface area contributed by atoms with E-state index in [-0.39, 0.29) is 0 Å². The summed E-state index contributed by atoms with van der Waals surface area (Å²) < 4.78 is 18.3. The summed E-state index contributed by atoms with van der Waals surface area (Å²) in [5, 5.41) is 5.40. The van der Waals surface area contributed by atoms with Crippen LogP contribution in [-0.2, 0) is 0 Å². The molecular formula is C56H33N5O2. The zero-order valence-corrected chi connectivity index (χ0v) is 33.6. The first kappa shape index (κ1) is 34.1. The van der Waals surface area contributed by atoms with Crippen molar-refractivity contribution >= 4 is 71.6 Å². The Labute approximate surface area is 360 Å². The van der Waals surface area contributed by atoms with Gasteiger partial charge in [-0.25, -0.2) is 9.97 Å². The number of hydrogen-bond acceptors (Lipinski definition) is 5. The van der Waals surface area contributed by atoms with Crippen LogP contribution in [0.5, 0.6) is 23.0 Å². The summed E-state index contributed by atoms with van der Waals surface area (Å²) in [6.07, 6.45) is 0. The Bertz CT molecular complexity index is 3860. The summed E-state index contributed by atoms with van der Waals surface area (Å²) in [6, 6.07) is 69.9. The van der Waals surface area contributed by atoms with E-state index in [0.29, 0.717) is 5.95 Å². The molecule has 0 saturated heterocycles. The van der Waals surface area contributed by atoms with Crippen LogP contribution in [0, 0.1) is 0 Å². The van der Waals surface area contributed by atoms with Gasteiger partial charge in [0.05, 0.1) is 50.0 Å². The molecule has 12 aromatic rings. The molecule has 0 N–H and O–H groups in total. The first-order valence-corrected chi connectivity index (χ1v) is 21.2. The van der Waals surface area contributed by atoms with Crippen molar-refractivity contribution in [3.8, 4) is 57.0 Å². The van der Waals surface area contributed by atoms with Crippen LogP contribution in [0.1, 0.15) is 0 Å². The van der Waals surface area contributed by atoms with Crippen LogP contribution in [0.4, 0.5) is 17.1 Å². The van der Waals surface area contributed by atoms with E-state index in [1.807, 2.05) is 42.5 Å². The molecule has 0 radical (unpaired) electrons. The van der Waals surface area contributed by atoms with Crippen LogP contribution in [0.15, 0.2) is 200 Å². The summed E-state index contributed by atoms with van der Waals surface area (Å²) in [5.74, 6) is 3.76. The Hall–Kier alpha value is -8.68. The number of fused-ring (bicyclic) bond motifs is 12. The Balaban J connectivity index is 1.00. The van der Waals surface area contributed by atoms with Crippen LogP contribution in [0.3, 0.4) is 0 Å². The first-order chi connectivity index (χ1) is 31.2. The largest absolute Gasteiger partial charge is 0.453 e. The number of hydrogen-bond donors (Lipinski definition) is 0. The van der Waals surface area contributed by atoms with Gasteiger partial charge in [0.2, 0.25) is 5.95 Å². The summed E-state index contributed by atoms with van der Waals surface area (Å²) >= 11 is 0. The van der Waals surface area contributed by atoms with Gasteiger partial charge in [0, 0.05) is 38.9 Å². The highest BCUT2D eigenvalue weighted by Gasteiger charge is 2.37. The second kappa shape index (κ2) is 12.9. The third-order valence-electron chi connectivity index (χ3n) is 12.7. The van der Waals surface area contributed by atoms with E-state index < -0.39 is 0 Å². The fourth-order valence-electron chi connectivity index (χ4n) is 9.94. The van der Waals surface area contributed by atoms with E-state index in [2.05, 4.69) is 172 Å². The fraction of sp³-hybridized carbons (Fsp3) is 0. The van der Waals surface area contributed by atoms with E-state index in [9.17, 15) is 0 Å². The molecule has 63 heavy (non-hydrogen) atoms. The van der Waals surface area contributed by atoms with Crippen LogP contribution in [-0.4, -0.2) is 19.1 Å². The Morgan fingerprint density at radius 1 is 0.381 bits per heavy atom. The maximum Gasteiger partial charge on any atom is 0.235 e. The molecule has 2 aliphatic heterocycles. The van der Waals surface area contributed by atoms with Crippen molar-refractivity contribution in [3.05, 3.63) is 200 Å². The number of anilines is 3. The predicted molar refractivity (Wildman–Crippen MR) is 254 cm³/mol. The predicted octanol–water partition coefficient (Wildman–Crippen LogP) is 14.8. The SMILES string of the molecule is c1ccc(-c2nc(-n3c4ccccc4c4cc(-c5ccc6c(c5)c5c7c8c(cc5n6-c5ccccc5)Oc5ccccc5N8c5ccccc5O7)ccc43)nc3ccccc23)cc1. The number of benzene rings is 9. The third kappa shape index (κ3) is 4.90. The summed E-state index contributed by atoms with van der Waals surface area (Å²) in [4.78, 5) is 12.8. The van der Waals surface area contributed by atoms with Crippen LogP contribution >= 0.6 is 0 Å². The van der Waals surface area contributed by atoms with Gasteiger partial charge in [0.15, 0.2) is 23.0 Å². The molecule has 14 rings (SSSR count). The van der Waals surface area contributed by atoms with Gasteiger partial charge >= 0.3 is 0 Å². The maximum atomic E-state index is 7.02. The minimum atomic E-state index is 0.640. The summed E-state index contributed by atoms with van der Waals surface area (Å²) in [7, 11) is 0. The minimum absolute atomic E-state index is 0.640. The quantitative estimate of drug-likeness (QED) is 0.177. The van der Waals surface area contributed by atoms with Crippen molar-refractivity contribution in [2.45, 2.75) is 0 Å². The van der Waals surface area contributed by atoms with Crippen molar-refractivity contribution in [1.82, 2.24) is 19.1 Å². The molecule has 294 valence electrons. The molecule has 0 bridgehead atoms. The number of nitrogens with zero attached hydrogens (tertiary/aromatic N) is 5. The molecular weight excluding hydrogens is 775 g/mol. The molecule has 0 atom stereocenters. The van der Waals surface area contributed by atoms with E-state index in [4.69, 9.17) is 19.4 Å². The zero-order valence-electron chi connectivity index (χ0n) is 33.6. The molecule has 2 aliphatic rings. The zero-order chi connectivity index (χ0) is 41.2. The molecule has 7 nitrogen and oxygen atoms in total. The molecule has 0 amide bonds. The van der Waals surface area contributed by atoms with E-state index in [0.717, 1.165) is 123 Å². The number of para-hydroxylation sites is 7. The standard InChI is InChI=1S/C56H33N5O2/c1-3-15-34(16-4-1)53-39-20-7-9-21-42(39)57-56(58-53)61-43-22-10-8-19-38(43)40-31-35(27-29-44(40)61)36-28-30-45-41(32-36)52-48(59(45)37-17-5-2-6-18-37)33-51-54-55(52)63-50-26-14-12-24-47(50)60(54)46-23-11-13-25-49(46)62-51/h1-33H. The number of rotatable bonds is 4. The van der Waals surface area contributed by atoms with Gasteiger partial charge in [0.25, 0.3) is 0 Å². The van der Waals surface area contributed by atoms with Crippen LogP contribution in [0.2, 0.25) is 0 Å². The van der Waals surface area contributed by atoms with Crippen molar-refractivity contribution in [3.63, 3.8) is 0 Å². The Morgan fingerprint density at radius 2 is 0.984 bits per heavy atom.